The van der Waals surface area contributed by atoms with Crippen LogP contribution in [-0.2, 0) is 48.0 Å². The second kappa shape index (κ2) is 26.2. The average Bonchev–Trinajstić information content (AvgIpc) is 3.95. The number of urea groups is 1. The lowest BCUT2D eigenvalue weighted by Gasteiger charge is -2.48. The molecule has 21 heteroatoms. The molecular weight excluding hydrogens is 1030 g/mol. The molecule has 7 heterocycles. The first kappa shape index (κ1) is 62.3. The van der Waals surface area contributed by atoms with Crippen molar-refractivity contribution in [1.82, 2.24) is 45.0 Å². The van der Waals surface area contributed by atoms with Crippen LogP contribution in [0, 0.1) is 16.7 Å². The fraction of sp³-hybridized carbons (Fsp3) is 0.566. The molecule has 3 fully saturated rings. The molecule has 1 spiro atoms. The van der Waals surface area contributed by atoms with E-state index < -0.39 is 41.3 Å². The molecule has 2 N–H and O–H groups in total. The highest BCUT2D eigenvalue weighted by Crippen LogP contribution is 2.43. The average molecular weight is 1110 g/mol. The number of nitrogens with one attached hydrogen (secondary N) is 2. The largest absolute Gasteiger partial charge is 0.464 e. The van der Waals surface area contributed by atoms with Crippen molar-refractivity contribution < 1.29 is 33.4 Å². The van der Waals surface area contributed by atoms with Crippen molar-refractivity contribution in [2.75, 3.05) is 53.5 Å². The molecule has 408 valence electrons. The number of likely N-dealkylation sites (N-methyl/N-ethyl adjacent to an activating group) is 1. The van der Waals surface area contributed by atoms with Gasteiger partial charge in [-0.15, -0.1) is 11.3 Å². The maximum Gasteiger partial charge on any atom is 0.324 e. The number of methoxy groups -OCH3 is 1. The number of piperidine rings is 2. The number of hydrazine groups is 1. The first-order valence-electron chi connectivity index (χ1n) is 25.0. The highest BCUT2D eigenvalue weighted by atomic mass is 32.1. The van der Waals surface area contributed by atoms with Crippen LogP contribution in [0.15, 0.2) is 54.6 Å². The van der Waals surface area contributed by atoms with Gasteiger partial charge in [0.05, 0.1) is 34.8 Å². The van der Waals surface area contributed by atoms with Gasteiger partial charge in [-0.05, 0) is 106 Å². The van der Waals surface area contributed by atoms with Gasteiger partial charge in [0.15, 0.2) is 0 Å². The number of benzene rings is 1. The Morgan fingerprint density at radius 1 is 1.03 bits per heavy atom. The Balaban J connectivity index is 0.00000296. The molecule has 0 saturated carbocycles. The number of rotatable bonds is 9. The van der Waals surface area contributed by atoms with Gasteiger partial charge in [0.25, 0.3) is 5.91 Å². The van der Waals surface area contributed by atoms with E-state index in [9.17, 15) is 24.0 Å². The molecule has 0 aliphatic carbocycles. The normalized spacial score (nSPS) is 20.4. The van der Waals surface area contributed by atoms with Gasteiger partial charge in [-0.3, -0.25) is 29.2 Å². The van der Waals surface area contributed by atoms with E-state index in [2.05, 4.69) is 66.9 Å². The molecule has 3 aromatic heterocycles. The number of carbonyl (C=O) groups is 5. The van der Waals surface area contributed by atoms with Crippen molar-refractivity contribution in [3.63, 3.8) is 0 Å². The molecule has 0 radical (unpaired) electrons. The van der Waals surface area contributed by atoms with Crippen LogP contribution in [0.1, 0.15) is 102 Å². The lowest BCUT2D eigenvalue weighted by molar-refractivity contribution is -0.155. The number of cyclic esters (lactones) is 1. The van der Waals surface area contributed by atoms with Crippen LogP contribution in [0.4, 0.5) is 4.79 Å². The van der Waals surface area contributed by atoms with Gasteiger partial charge in [-0.1, -0.05) is 40.3 Å². The van der Waals surface area contributed by atoms with E-state index in [1.54, 1.807) is 20.4 Å². The van der Waals surface area contributed by atoms with Gasteiger partial charge >= 0.3 is 12.0 Å². The van der Waals surface area contributed by atoms with Crippen molar-refractivity contribution in [2.45, 2.75) is 124 Å². The molecular formula is C53H79N9O7S5. The highest BCUT2D eigenvalue weighted by molar-refractivity contribution is 7.59. The lowest BCUT2D eigenvalue weighted by Crippen LogP contribution is -2.63. The lowest BCUT2D eigenvalue weighted by atomic mass is 9.72. The quantitative estimate of drug-likeness (QED) is 0.126. The summed E-state index contributed by atoms with van der Waals surface area (Å²) in [6, 6.07) is 7.46. The van der Waals surface area contributed by atoms with Crippen LogP contribution >= 0.6 is 65.3 Å². The van der Waals surface area contributed by atoms with Crippen LogP contribution < -0.4 is 10.7 Å². The fourth-order valence-corrected chi connectivity index (χ4v) is 12.0. The van der Waals surface area contributed by atoms with Crippen LogP contribution in [0.5, 0.6) is 0 Å². The summed E-state index contributed by atoms with van der Waals surface area (Å²) >= 11 is 1.42. The number of amides is 5. The SMILES string of the molecule is C=CC(=O)N1CCC2(CCCN(C(=O)N(C)[C@H](C(=O)N[C@H]3Cc4nc(cs4)-c4ccc5c(c4)c(c(-c4cccnc4[C@H](C)OC)n5CC)CC(C)(C)COC(=O)[C@@H]4CCCN(N4)C3=O)C(C)C)C2)CC1.S.S.S.S. The molecule has 6 bridgehead atoms. The van der Waals surface area contributed by atoms with E-state index in [1.165, 1.54) is 27.3 Å². The zero-order valence-electron chi connectivity index (χ0n) is 44.2. The Morgan fingerprint density at radius 3 is 2.43 bits per heavy atom. The minimum atomic E-state index is -1.07. The van der Waals surface area contributed by atoms with Crippen molar-refractivity contribution >= 4 is 106 Å². The minimum absolute atomic E-state index is 0. The summed E-state index contributed by atoms with van der Waals surface area (Å²) in [4.78, 5) is 85.3. The Labute approximate surface area is 468 Å². The Hall–Kier alpha value is -4.25. The molecule has 3 saturated heterocycles. The van der Waals surface area contributed by atoms with E-state index in [1.807, 2.05) is 42.0 Å². The number of ether oxygens (including phenoxy) is 2. The zero-order valence-corrected chi connectivity index (χ0v) is 49.0. The molecule has 4 aliphatic heterocycles. The predicted octanol–water partition coefficient (Wildman–Crippen LogP) is 7.62. The zero-order chi connectivity index (χ0) is 50.1. The topological polar surface area (TPSA) is 172 Å². The maximum absolute atomic E-state index is 14.8. The number of aryl methyl sites for hydroxylation is 1. The summed E-state index contributed by atoms with van der Waals surface area (Å²) in [5.41, 5.74) is 9.23. The second-order valence-electron chi connectivity index (χ2n) is 20.9. The molecule has 4 atom stereocenters. The molecule has 8 rings (SSSR count). The predicted molar refractivity (Wildman–Crippen MR) is 312 cm³/mol. The highest BCUT2D eigenvalue weighted by Gasteiger charge is 2.43. The van der Waals surface area contributed by atoms with Crippen molar-refractivity contribution in [3.05, 3.63) is 70.8 Å². The Morgan fingerprint density at radius 2 is 1.76 bits per heavy atom. The third-order valence-electron chi connectivity index (χ3n) is 15.0. The number of hydrogen-bond donors (Lipinski definition) is 2. The van der Waals surface area contributed by atoms with Crippen LogP contribution in [-0.4, -0.2) is 136 Å². The van der Waals surface area contributed by atoms with Crippen LogP contribution in [0.2, 0.25) is 0 Å². The van der Waals surface area contributed by atoms with Gasteiger partial charge in [0.1, 0.15) is 18.1 Å². The third-order valence-corrected chi connectivity index (χ3v) is 15.9. The number of likely N-dealkylation sites (tertiary alicyclic amines) is 2. The van der Waals surface area contributed by atoms with Crippen molar-refractivity contribution in [3.8, 4) is 22.5 Å². The number of carbonyl (C=O) groups excluding carboxylic acids is 5. The summed E-state index contributed by atoms with van der Waals surface area (Å²) in [5, 5.41) is 8.22. The summed E-state index contributed by atoms with van der Waals surface area (Å²) in [6.07, 6.45) is 7.97. The van der Waals surface area contributed by atoms with Crippen LogP contribution in [0.3, 0.4) is 0 Å². The first-order valence-corrected chi connectivity index (χ1v) is 25.9. The van der Waals surface area contributed by atoms with E-state index in [0.29, 0.717) is 63.5 Å². The molecule has 4 aromatic rings. The number of fused-ring (bicyclic) bond motifs is 6. The number of pyridine rings is 1. The van der Waals surface area contributed by atoms with E-state index in [4.69, 9.17) is 19.4 Å². The third kappa shape index (κ3) is 13.1. The van der Waals surface area contributed by atoms with Gasteiger partial charge in [0, 0.05) is 98.9 Å². The monoisotopic (exact) mass is 1110 g/mol. The molecule has 74 heavy (non-hydrogen) atoms. The number of nitrogens with zero attached hydrogens (tertiary/aromatic N) is 7. The fourth-order valence-electron chi connectivity index (χ4n) is 11.2. The van der Waals surface area contributed by atoms with E-state index in [-0.39, 0.29) is 96.4 Å². The standard InChI is InChI=1S/C53H71N9O7S.4H2S/c1-10-44(63)59-25-20-53(21-26-59)19-14-23-60(31-53)51(67)58(8)46(33(3)4)48(64)56-40-28-43-55-41(30-70-43)35-17-18-42-37(27-35)38(47(61(42)11-2)36-15-12-22-54-45(36)34(5)68-9)29-52(6,7)32-69-50(66)39-16-13-24-62(57-39)49(40)65;;;;/h10,12,15,17-18,22,27,30,33-34,39-40,46,57H,1,11,13-14,16,19-21,23-26,28-29,31-32H2,2-9H3,(H,56,64);4*1H2/t34-,39-,40-,46-;;;;/m0..../s1. The smallest absolute Gasteiger partial charge is 0.324 e. The molecule has 5 amide bonds. The Bertz CT molecular complexity index is 2630. The Kier molecular flexibility index (Phi) is 22.1. The van der Waals surface area contributed by atoms with Gasteiger partial charge in [-0.2, -0.15) is 54.0 Å². The second-order valence-corrected chi connectivity index (χ2v) is 21.9. The van der Waals surface area contributed by atoms with Gasteiger partial charge < -0.3 is 34.1 Å². The summed E-state index contributed by atoms with van der Waals surface area (Å²) in [5.74, 6) is -1.68. The maximum atomic E-state index is 14.8. The summed E-state index contributed by atoms with van der Waals surface area (Å²) in [7, 11) is 3.35. The van der Waals surface area contributed by atoms with E-state index >= 15 is 0 Å². The van der Waals surface area contributed by atoms with Crippen LogP contribution in [0.25, 0.3) is 33.4 Å². The summed E-state index contributed by atoms with van der Waals surface area (Å²) in [6.45, 7) is 19.3. The van der Waals surface area contributed by atoms with E-state index in [0.717, 1.165) is 70.4 Å². The molecule has 16 nitrogen and oxygen atoms in total. The molecule has 4 aliphatic rings. The van der Waals surface area contributed by atoms with Crippen molar-refractivity contribution in [1.29, 1.82) is 0 Å². The van der Waals surface area contributed by atoms with Gasteiger partial charge in [0.2, 0.25) is 11.8 Å². The number of aromatic nitrogens is 3. The van der Waals surface area contributed by atoms with Gasteiger partial charge in [-0.25, -0.2) is 15.2 Å². The molecule has 1 aromatic carbocycles. The minimum Gasteiger partial charge on any atom is -0.464 e. The van der Waals surface area contributed by atoms with Crippen molar-refractivity contribution in [2.24, 2.45) is 16.7 Å². The first-order chi connectivity index (χ1) is 33.5. The number of esters is 1. The number of thiazole rings is 1. The summed E-state index contributed by atoms with van der Waals surface area (Å²) < 4.78 is 14.3. The molecule has 0 unspecified atom stereocenters. The number of hydrogen-bond acceptors (Lipinski definition) is 11.